The van der Waals surface area contributed by atoms with Crippen molar-refractivity contribution in [1.29, 1.82) is 0 Å². The van der Waals surface area contributed by atoms with E-state index in [-0.39, 0.29) is 17.4 Å². The summed E-state index contributed by atoms with van der Waals surface area (Å²) in [5, 5.41) is 17.4. The second-order valence-corrected chi connectivity index (χ2v) is 15.0. The van der Waals surface area contributed by atoms with E-state index in [9.17, 15) is 32.9 Å². The van der Waals surface area contributed by atoms with Crippen molar-refractivity contribution >= 4 is 33.4 Å². The zero-order chi connectivity index (χ0) is 35.2. The Bertz CT molecular complexity index is 1560. The van der Waals surface area contributed by atoms with E-state index >= 15 is 0 Å². The van der Waals surface area contributed by atoms with Gasteiger partial charge in [-0.15, -0.1) is 0 Å². The number of carbonyl (C=O) groups is 3. The maximum absolute atomic E-state index is 14.1. The molecule has 3 amide bonds. The Balaban J connectivity index is 2.36. The maximum atomic E-state index is 14.1. The second kappa shape index (κ2) is 15.0. The summed E-state index contributed by atoms with van der Waals surface area (Å²) in [6.07, 6.45) is 1.48. The number of amides is 3. The molecule has 0 spiro atoms. The highest BCUT2D eigenvalue weighted by Crippen LogP contribution is 2.29. The van der Waals surface area contributed by atoms with E-state index < -0.39 is 66.3 Å². The van der Waals surface area contributed by atoms with Crippen molar-refractivity contribution in [2.45, 2.75) is 83.8 Å². The van der Waals surface area contributed by atoms with E-state index in [1.54, 1.807) is 14.1 Å². The molecule has 3 unspecified atom stereocenters. The molecule has 12 nitrogen and oxygen atoms in total. The molecule has 252 valence electrons. The van der Waals surface area contributed by atoms with Gasteiger partial charge in [-0.1, -0.05) is 97.0 Å². The van der Waals surface area contributed by atoms with E-state index in [1.807, 2.05) is 83.5 Å². The Morgan fingerprint density at radius 3 is 1.98 bits per heavy atom. The van der Waals surface area contributed by atoms with Crippen molar-refractivity contribution in [3.05, 3.63) is 81.9 Å². The summed E-state index contributed by atoms with van der Waals surface area (Å²) in [6.45, 7) is 14.5. The summed E-state index contributed by atoms with van der Waals surface area (Å²) in [7, 11) is -1.32. The second-order valence-electron chi connectivity index (χ2n) is 13.3. The monoisotopic (exact) mass is 657 g/mol. The zero-order valence-corrected chi connectivity index (χ0v) is 29.1. The van der Waals surface area contributed by atoms with Crippen molar-refractivity contribution in [2.75, 3.05) is 14.1 Å². The lowest BCUT2D eigenvalue weighted by molar-refractivity contribution is -0.387. The van der Waals surface area contributed by atoms with Gasteiger partial charge in [-0.3, -0.25) is 24.5 Å². The molecule has 0 fully saturated rings. The number of carbonyl (C=O) groups excluding carboxylic acids is 3. The minimum atomic E-state index is -4.58. The van der Waals surface area contributed by atoms with Crippen LogP contribution in [0.15, 0.2) is 71.1 Å². The summed E-state index contributed by atoms with van der Waals surface area (Å²) < 4.78 is 27.7. The number of para-hydroxylation sites is 1. The first-order chi connectivity index (χ1) is 21.2. The van der Waals surface area contributed by atoms with Crippen LogP contribution in [0.1, 0.15) is 61.0 Å². The van der Waals surface area contributed by atoms with E-state index in [2.05, 4.69) is 10.6 Å². The largest absolute Gasteiger partial charge is 0.342 e. The van der Waals surface area contributed by atoms with E-state index in [0.717, 1.165) is 17.7 Å². The van der Waals surface area contributed by atoms with E-state index in [4.69, 9.17) is 0 Å². The Hall–Kier alpha value is -4.10. The molecule has 3 atom stereocenters. The number of benzene rings is 2. The summed E-state index contributed by atoms with van der Waals surface area (Å²) in [5.74, 6) is -1.97. The van der Waals surface area contributed by atoms with Gasteiger partial charge in [-0.2, -0.15) is 0 Å². The molecule has 13 heteroatoms. The van der Waals surface area contributed by atoms with Gasteiger partial charge in [0.25, 0.3) is 21.6 Å². The molecule has 0 aliphatic carbocycles. The van der Waals surface area contributed by atoms with Gasteiger partial charge in [-0.25, -0.2) is 13.1 Å². The van der Waals surface area contributed by atoms with Crippen molar-refractivity contribution in [1.82, 2.24) is 20.3 Å². The molecule has 3 N–H and O–H groups in total. The first kappa shape index (κ1) is 38.1. The standard InChI is InChI=1S/C33H47N5O7S/c1-21(2)25(20-22(3)29(39)36-46(44,45)26-19-15-14-18-24(26)38(42)43)37(10)31(41)28(32(4,5)6)35-30(40)27(34-9)33(7,8)23-16-12-11-13-17-23/h11-21,25,27-28,34H,1-10H3,(H,35,40)(H,36,39)/b22-20+. The third-order valence-corrected chi connectivity index (χ3v) is 9.40. The van der Waals surface area contributed by atoms with Crippen LogP contribution in [0.25, 0.3) is 0 Å². The number of nitro groups is 1. The molecule has 2 rings (SSSR count). The third kappa shape index (κ3) is 9.00. The van der Waals surface area contributed by atoms with Crippen LogP contribution in [0.4, 0.5) is 5.69 Å². The van der Waals surface area contributed by atoms with Crippen LogP contribution in [0.2, 0.25) is 0 Å². The van der Waals surface area contributed by atoms with Gasteiger partial charge in [0.1, 0.15) is 6.04 Å². The predicted molar refractivity (Wildman–Crippen MR) is 177 cm³/mol. The van der Waals surface area contributed by atoms with Crippen molar-refractivity contribution in [3.8, 4) is 0 Å². The zero-order valence-electron chi connectivity index (χ0n) is 28.2. The molecule has 46 heavy (non-hydrogen) atoms. The fraction of sp³-hybridized carbons (Fsp3) is 0.485. The average Bonchev–Trinajstić information content (AvgIpc) is 2.97. The normalized spacial score (nSPS) is 14.6. The topological polar surface area (TPSA) is 168 Å². The quantitative estimate of drug-likeness (QED) is 0.166. The van der Waals surface area contributed by atoms with Crippen LogP contribution in [0, 0.1) is 21.4 Å². The number of nitrogens with one attached hydrogen (secondary N) is 3. The van der Waals surface area contributed by atoms with Gasteiger partial charge in [0.2, 0.25) is 11.8 Å². The summed E-state index contributed by atoms with van der Waals surface area (Å²) >= 11 is 0. The summed E-state index contributed by atoms with van der Waals surface area (Å²) in [6, 6.07) is 12.0. The van der Waals surface area contributed by atoms with Crippen LogP contribution < -0.4 is 15.4 Å². The van der Waals surface area contributed by atoms with Crippen LogP contribution in [0.3, 0.4) is 0 Å². The lowest BCUT2D eigenvalue weighted by Gasteiger charge is -2.40. The first-order valence-corrected chi connectivity index (χ1v) is 16.4. The number of sulfonamides is 1. The highest BCUT2D eigenvalue weighted by molar-refractivity contribution is 7.90. The van der Waals surface area contributed by atoms with Gasteiger partial charge < -0.3 is 15.5 Å². The highest BCUT2D eigenvalue weighted by atomic mass is 32.2. The average molecular weight is 658 g/mol. The third-order valence-electron chi connectivity index (χ3n) is 8.03. The van der Waals surface area contributed by atoms with Crippen LogP contribution in [0.5, 0.6) is 0 Å². The number of nitro benzene ring substituents is 1. The Labute approximate surface area is 272 Å². The van der Waals surface area contributed by atoms with Gasteiger partial charge in [0.05, 0.1) is 17.0 Å². The lowest BCUT2D eigenvalue weighted by atomic mass is 9.76. The molecule has 0 heterocycles. The van der Waals surface area contributed by atoms with Gasteiger partial charge in [0.15, 0.2) is 4.90 Å². The van der Waals surface area contributed by atoms with E-state index in [1.165, 1.54) is 30.0 Å². The summed E-state index contributed by atoms with van der Waals surface area (Å²) in [4.78, 5) is 52.2. The number of hydrogen-bond acceptors (Lipinski definition) is 8. The molecule has 2 aromatic rings. The number of hydrogen-bond donors (Lipinski definition) is 3. The highest BCUT2D eigenvalue weighted by Gasteiger charge is 2.41. The smallest absolute Gasteiger partial charge is 0.289 e. The van der Waals surface area contributed by atoms with Gasteiger partial charge in [0, 0.05) is 24.1 Å². The van der Waals surface area contributed by atoms with Crippen molar-refractivity contribution in [3.63, 3.8) is 0 Å². The fourth-order valence-corrected chi connectivity index (χ4v) is 6.45. The molecule has 0 saturated heterocycles. The molecule has 0 saturated carbocycles. The number of rotatable bonds is 13. The first-order valence-electron chi connectivity index (χ1n) is 15.0. The number of likely N-dealkylation sites (N-methyl/N-ethyl adjacent to an activating group) is 2. The van der Waals surface area contributed by atoms with Crippen molar-refractivity contribution < 1.29 is 27.7 Å². The molecule has 0 aliphatic rings. The lowest BCUT2D eigenvalue weighted by Crippen LogP contribution is -2.61. The molecular weight excluding hydrogens is 610 g/mol. The molecular formula is C33H47N5O7S. The van der Waals surface area contributed by atoms with Crippen LogP contribution >= 0.6 is 0 Å². The summed E-state index contributed by atoms with van der Waals surface area (Å²) in [5.41, 5.74) is -1.06. The van der Waals surface area contributed by atoms with Gasteiger partial charge in [-0.05, 0) is 36.9 Å². The van der Waals surface area contributed by atoms with Crippen LogP contribution in [-0.2, 0) is 29.8 Å². The molecule has 0 aromatic heterocycles. The molecule has 0 bridgehead atoms. The van der Waals surface area contributed by atoms with Crippen LogP contribution in [-0.4, -0.2) is 68.2 Å². The molecule has 0 aliphatic heterocycles. The SMILES string of the molecule is CNC(C(=O)NC(C(=O)N(C)C(/C=C(\C)C(=O)NS(=O)(=O)c1ccccc1[N+](=O)[O-])C(C)C)C(C)(C)C)C(C)(C)c1ccccc1. The Morgan fingerprint density at radius 2 is 1.48 bits per heavy atom. The Kier molecular flexibility index (Phi) is 12.4. The van der Waals surface area contributed by atoms with Crippen molar-refractivity contribution in [2.24, 2.45) is 11.3 Å². The molecule has 0 radical (unpaired) electrons. The van der Waals surface area contributed by atoms with E-state index in [0.29, 0.717) is 0 Å². The predicted octanol–water partition coefficient (Wildman–Crippen LogP) is 3.93. The minimum Gasteiger partial charge on any atom is -0.342 e. The number of nitrogens with zero attached hydrogens (tertiary/aromatic N) is 2. The fourth-order valence-electron chi connectivity index (χ4n) is 5.25. The Morgan fingerprint density at radius 1 is 0.935 bits per heavy atom. The molecule has 2 aromatic carbocycles. The maximum Gasteiger partial charge on any atom is 0.289 e. The minimum absolute atomic E-state index is 0.0169. The van der Waals surface area contributed by atoms with Gasteiger partial charge >= 0.3 is 0 Å².